The highest BCUT2D eigenvalue weighted by molar-refractivity contribution is 5.92. The smallest absolute Gasteiger partial charge is 0.369 e. The lowest BCUT2D eigenvalue weighted by Crippen LogP contribution is -2.56. The second-order valence-corrected chi connectivity index (χ2v) is 9.10. The van der Waals surface area contributed by atoms with Crippen molar-refractivity contribution in [1.29, 1.82) is 0 Å². The van der Waals surface area contributed by atoms with Crippen molar-refractivity contribution in [3.8, 4) is 0 Å². The summed E-state index contributed by atoms with van der Waals surface area (Å²) in [4.78, 5) is 19.3. The highest BCUT2D eigenvalue weighted by Crippen LogP contribution is 2.39. The number of piperazine rings is 1. The third kappa shape index (κ3) is 4.48. The molecule has 32 heavy (non-hydrogen) atoms. The molecule has 0 spiro atoms. The van der Waals surface area contributed by atoms with Crippen molar-refractivity contribution >= 4 is 11.6 Å². The zero-order valence-corrected chi connectivity index (χ0v) is 17.9. The first-order valence-corrected chi connectivity index (χ1v) is 11.4. The number of carbonyl (C=O) groups excluding carboxylic acids is 1. The number of hydrogen-bond donors (Lipinski definition) is 1. The van der Waals surface area contributed by atoms with Crippen molar-refractivity contribution in [2.45, 2.75) is 43.8 Å². The molecule has 1 saturated carbocycles. The van der Waals surface area contributed by atoms with Gasteiger partial charge in [-0.15, -0.1) is 0 Å². The van der Waals surface area contributed by atoms with Crippen LogP contribution in [0.1, 0.15) is 53.3 Å². The molecule has 1 aromatic heterocycles. The molecule has 1 aliphatic carbocycles. The number of benzene rings is 1. The van der Waals surface area contributed by atoms with Crippen LogP contribution in [-0.2, 0) is 6.18 Å². The molecule has 9 heteroatoms. The Morgan fingerprint density at radius 3 is 2.53 bits per heavy atom. The van der Waals surface area contributed by atoms with E-state index in [1.807, 2.05) is 15.9 Å². The predicted molar refractivity (Wildman–Crippen MR) is 115 cm³/mol. The molecule has 172 valence electrons. The normalized spacial score (nSPS) is 22.9. The van der Waals surface area contributed by atoms with Gasteiger partial charge in [0.15, 0.2) is 0 Å². The van der Waals surface area contributed by atoms with Gasteiger partial charge in [-0.1, -0.05) is 6.07 Å². The number of H-pyrrole nitrogens is 1. The Morgan fingerprint density at radius 1 is 1.03 bits per heavy atom. The molecule has 3 aliphatic rings. The maximum Gasteiger partial charge on any atom is 0.416 e. The van der Waals surface area contributed by atoms with Crippen LogP contribution in [-0.4, -0.2) is 71.2 Å². The van der Waals surface area contributed by atoms with Gasteiger partial charge >= 0.3 is 6.18 Å². The van der Waals surface area contributed by atoms with Crippen LogP contribution in [0.25, 0.3) is 0 Å². The number of aromatic nitrogens is 2. The van der Waals surface area contributed by atoms with Crippen molar-refractivity contribution in [2.75, 3.05) is 44.2 Å². The van der Waals surface area contributed by atoms with Crippen molar-refractivity contribution in [3.05, 3.63) is 47.3 Å². The minimum atomic E-state index is -4.33. The fourth-order valence-corrected chi connectivity index (χ4v) is 4.87. The number of carbonyl (C=O) groups is 1. The Balaban J connectivity index is 1.18. The van der Waals surface area contributed by atoms with E-state index in [1.165, 1.54) is 12.1 Å². The number of nitrogens with zero attached hydrogens (tertiary/aromatic N) is 4. The first-order chi connectivity index (χ1) is 15.4. The van der Waals surface area contributed by atoms with E-state index in [0.717, 1.165) is 57.1 Å². The fourth-order valence-electron chi connectivity index (χ4n) is 4.87. The van der Waals surface area contributed by atoms with Gasteiger partial charge in [-0.2, -0.15) is 18.3 Å². The quantitative estimate of drug-likeness (QED) is 0.776. The third-order valence-corrected chi connectivity index (χ3v) is 6.89. The number of likely N-dealkylation sites (tertiary alicyclic amines) is 1. The number of piperidine rings is 1. The minimum Gasteiger partial charge on any atom is -0.369 e. The van der Waals surface area contributed by atoms with E-state index in [0.29, 0.717) is 36.9 Å². The van der Waals surface area contributed by atoms with Gasteiger partial charge < -0.3 is 9.80 Å². The van der Waals surface area contributed by atoms with Crippen molar-refractivity contribution in [3.63, 3.8) is 0 Å². The summed E-state index contributed by atoms with van der Waals surface area (Å²) in [6.07, 6.45) is -0.0305. The van der Waals surface area contributed by atoms with E-state index >= 15 is 0 Å². The third-order valence-electron chi connectivity index (χ3n) is 6.89. The summed E-state index contributed by atoms with van der Waals surface area (Å²) < 4.78 is 39.1. The molecule has 3 heterocycles. The van der Waals surface area contributed by atoms with Gasteiger partial charge in [0.05, 0.1) is 5.56 Å². The zero-order chi connectivity index (χ0) is 22.3. The number of rotatable bonds is 4. The Morgan fingerprint density at radius 2 is 1.81 bits per heavy atom. The van der Waals surface area contributed by atoms with E-state index in [-0.39, 0.29) is 11.9 Å². The average molecular weight is 448 g/mol. The van der Waals surface area contributed by atoms with Gasteiger partial charge in [0.2, 0.25) is 0 Å². The molecule has 2 aliphatic heterocycles. The van der Waals surface area contributed by atoms with E-state index in [4.69, 9.17) is 0 Å². The molecule has 0 radical (unpaired) electrons. The monoisotopic (exact) mass is 447 g/mol. The summed E-state index contributed by atoms with van der Waals surface area (Å²) >= 11 is 0. The molecule has 0 bridgehead atoms. The maximum atomic E-state index is 13.0. The van der Waals surface area contributed by atoms with Crippen molar-refractivity contribution < 1.29 is 18.0 Å². The number of nitrogens with one attached hydrogen (secondary N) is 1. The molecule has 5 rings (SSSR count). The number of halogens is 3. The largest absolute Gasteiger partial charge is 0.416 e. The molecule has 0 unspecified atom stereocenters. The summed E-state index contributed by atoms with van der Waals surface area (Å²) in [6.45, 7) is 4.32. The summed E-state index contributed by atoms with van der Waals surface area (Å²) in [5.41, 5.74) is 1.57. The van der Waals surface area contributed by atoms with Crippen LogP contribution in [0.4, 0.5) is 18.9 Å². The first-order valence-electron chi connectivity index (χ1n) is 11.4. The highest BCUT2D eigenvalue weighted by atomic mass is 19.4. The number of aromatic amines is 1. The lowest BCUT2D eigenvalue weighted by Gasteiger charge is -2.43. The van der Waals surface area contributed by atoms with Crippen LogP contribution in [0.2, 0.25) is 0 Å². The van der Waals surface area contributed by atoms with Crippen LogP contribution < -0.4 is 4.90 Å². The molecule has 3 fully saturated rings. The molecule has 2 saturated heterocycles. The Kier molecular flexibility index (Phi) is 5.61. The topological polar surface area (TPSA) is 55.5 Å². The molecular weight excluding hydrogens is 419 g/mol. The predicted octanol–water partition coefficient (Wildman–Crippen LogP) is 3.73. The lowest BCUT2D eigenvalue weighted by molar-refractivity contribution is -0.137. The molecule has 1 amide bonds. The van der Waals surface area contributed by atoms with E-state index in [9.17, 15) is 18.0 Å². The number of hydrogen-bond acceptors (Lipinski definition) is 4. The van der Waals surface area contributed by atoms with Gasteiger partial charge in [-0.3, -0.25) is 14.8 Å². The molecule has 6 nitrogen and oxygen atoms in total. The van der Waals surface area contributed by atoms with Gasteiger partial charge in [-0.05, 0) is 49.9 Å². The molecule has 1 aromatic carbocycles. The number of anilines is 1. The Bertz CT molecular complexity index is 963. The standard InChI is InChI=1S/C23H28F3N5O/c24-23(25,26)17-3-1-4-18(13-17)29-9-11-30(12-10-29)19-5-2-8-31(15-19)22(32)21-14-20(27-28-21)16-6-7-16/h1,3-4,13-14,16,19H,2,5-12,15H2,(H,27,28)/t19-/m1/s1. The Labute approximate surface area is 185 Å². The van der Waals surface area contributed by atoms with Gasteiger partial charge in [0.25, 0.3) is 5.91 Å². The summed E-state index contributed by atoms with van der Waals surface area (Å²) in [7, 11) is 0. The molecule has 1 atom stereocenters. The van der Waals surface area contributed by atoms with Crippen molar-refractivity contribution in [2.24, 2.45) is 0 Å². The first kappa shape index (κ1) is 21.3. The van der Waals surface area contributed by atoms with E-state index < -0.39 is 11.7 Å². The van der Waals surface area contributed by atoms with E-state index in [2.05, 4.69) is 15.1 Å². The zero-order valence-electron chi connectivity index (χ0n) is 17.9. The number of alkyl halides is 3. The average Bonchev–Trinajstić information content (AvgIpc) is 3.55. The second kappa shape index (κ2) is 8.42. The molecule has 2 aromatic rings. The van der Waals surface area contributed by atoms with Gasteiger partial charge in [0, 0.05) is 62.6 Å². The summed E-state index contributed by atoms with van der Waals surface area (Å²) in [5, 5.41) is 7.25. The van der Waals surface area contributed by atoms with Crippen LogP contribution in [0.5, 0.6) is 0 Å². The SMILES string of the molecule is O=C(c1cc(C2CC2)[nH]n1)N1CCC[C@@H](N2CCN(c3cccc(C(F)(F)F)c3)CC2)C1. The highest BCUT2D eigenvalue weighted by Gasteiger charge is 2.34. The van der Waals surface area contributed by atoms with Crippen LogP contribution in [0.15, 0.2) is 30.3 Å². The molecule has 1 N–H and O–H groups in total. The fraction of sp³-hybridized carbons (Fsp3) is 0.565. The lowest BCUT2D eigenvalue weighted by atomic mass is 10.0. The Hall–Kier alpha value is -2.55. The van der Waals surface area contributed by atoms with E-state index in [1.54, 1.807) is 6.07 Å². The summed E-state index contributed by atoms with van der Waals surface area (Å²) in [5.74, 6) is 0.520. The van der Waals surface area contributed by atoms with Gasteiger partial charge in [0.1, 0.15) is 5.69 Å². The summed E-state index contributed by atoms with van der Waals surface area (Å²) in [6, 6.07) is 7.73. The molecular formula is C23H28F3N5O. The maximum absolute atomic E-state index is 13.0. The van der Waals surface area contributed by atoms with Crippen molar-refractivity contribution in [1.82, 2.24) is 20.0 Å². The second-order valence-electron chi connectivity index (χ2n) is 9.10. The van der Waals surface area contributed by atoms with Crippen LogP contribution in [0.3, 0.4) is 0 Å². The van der Waals surface area contributed by atoms with Gasteiger partial charge in [-0.25, -0.2) is 0 Å². The number of amides is 1. The van der Waals surface area contributed by atoms with Crippen LogP contribution in [0, 0.1) is 0 Å². The minimum absolute atomic E-state index is 0.0135. The van der Waals surface area contributed by atoms with Crippen LogP contribution >= 0.6 is 0 Å².